The van der Waals surface area contributed by atoms with E-state index >= 15 is 0 Å². The largest absolute Gasteiger partial charge is 0.465 e. The molecule has 2 N–H and O–H groups in total. The van der Waals surface area contributed by atoms with Gasteiger partial charge in [-0.2, -0.15) is 0 Å². The molecule has 2 rings (SSSR count). The number of methoxy groups -OCH3 is 1. The van der Waals surface area contributed by atoms with Crippen LogP contribution in [0.5, 0.6) is 0 Å². The molecular weight excluding hydrogens is 258 g/mol. The van der Waals surface area contributed by atoms with Gasteiger partial charge in [0.05, 0.1) is 25.9 Å². The van der Waals surface area contributed by atoms with E-state index in [1.54, 1.807) is 25.1 Å². The first kappa shape index (κ1) is 14.8. The first-order chi connectivity index (χ1) is 9.27. The summed E-state index contributed by atoms with van der Waals surface area (Å²) in [7, 11) is 1.34. The van der Waals surface area contributed by atoms with Crippen molar-refractivity contribution in [3.05, 3.63) is 29.3 Å². The molecule has 0 spiro atoms. The van der Waals surface area contributed by atoms with E-state index in [0.29, 0.717) is 30.0 Å². The number of ether oxygens (including phenoxy) is 3. The van der Waals surface area contributed by atoms with E-state index in [4.69, 9.17) is 19.9 Å². The molecule has 110 valence electrons. The van der Waals surface area contributed by atoms with Crippen molar-refractivity contribution in [3.8, 4) is 0 Å². The van der Waals surface area contributed by atoms with Crippen LogP contribution in [0.15, 0.2) is 18.2 Å². The maximum Gasteiger partial charge on any atom is 0.338 e. The number of hydrogen-bond donors (Lipinski definition) is 1. The molecule has 0 aromatic heterocycles. The van der Waals surface area contributed by atoms with Crippen LogP contribution in [0.2, 0.25) is 0 Å². The molecule has 1 heterocycles. The second-order valence-corrected chi connectivity index (χ2v) is 5.98. The van der Waals surface area contributed by atoms with Gasteiger partial charge in [0.1, 0.15) is 0 Å². The van der Waals surface area contributed by atoms with Crippen LogP contribution in [-0.2, 0) is 20.0 Å². The maximum atomic E-state index is 11.9. The van der Waals surface area contributed by atoms with Crippen molar-refractivity contribution < 1.29 is 19.0 Å². The standard InChI is InChI=1S/C15H21NO4/c1-14(2)8-19-15(3,20-9-14)12-7-10(16)5-6-11(12)13(17)18-4/h5-7H,8-9,16H2,1-4H3. The Hall–Kier alpha value is -1.59. The van der Waals surface area contributed by atoms with Gasteiger partial charge in [0.2, 0.25) is 0 Å². The smallest absolute Gasteiger partial charge is 0.338 e. The lowest BCUT2D eigenvalue weighted by Gasteiger charge is -2.42. The van der Waals surface area contributed by atoms with Gasteiger partial charge in [-0.05, 0) is 25.1 Å². The molecule has 0 bridgehead atoms. The van der Waals surface area contributed by atoms with Crippen molar-refractivity contribution in [1.29, 1.82) is 0 Å². The summed E-state index contributed by atoms with van der Waals surface area (Å²) < 4.78 is 16.5. The highest BCUT2D eigenvalue weighted by Crippen LogP contribution is 2.38. The predicted octanol–water partition coefficient (Wildman–Crippen LogP) is 2.30. The molecule has 1 aromatic rings. The number of nitrogens with two attached hydrogens (primary N) is 1. The molecule has 0 radical (unpaired) electrons. The zero-order chi connectivity index (χ0) is 15.0. The van der Waals surface area contributed by atoms with E-state index in [2.05, 4.69) is 13.8 Å². The van der Waals surface area contributed by atoms with Crippen LogP contribution >= 0.6 is 0 Å². The summed E-state index contributed by atoms with van der Waals surface area (Å²) in [6.45, 7) is 7.00. The second kappa shape index (κ2) is 5.07. The van der Waals surface area contributed by atoms with Crippen LogP contribution in [-0.4, -0.2) is 26.3 Å². The summed E-state index contributed by atoms with van der Waals surface area (Å²) in [5.41, 5.74) is 7.32. The number of carbonyl (C=O) groups is 1. The third kappa shape index (κ3) is 2.78. The molecule has 1 aromatic carbocycles. The first-order valence-electron chi connectivity index (χ1n) is 6.54. The lowest BCUT2D eigenvalue weighted by Crippen LogP contribution is -2.44. The van der Waals surface area contributed by atoms with Crippen LogP contribution < -0.4 is 5.73 Å². The minimum atomic E-state index is -0.992. The Morgan fingerprint density at radius 2 is 1.85 bits per heavy atom. The predicted molar refractivity (Wildman–Crippen MR) is 75.2 cm³/mol. The Bertz CT molecular complexity index is 515. The Morgan fingerprint density at radius 3 is 2.40 bits per heavy atom. The Kier molecular flexibility index (Phi) is 3.75. The molecule has 5 nitrogen and oxygen atoms in total. The average molecular weight is 279 g/mol. The zero-order valence-corrected chi connectivity index (χ0v) is 12.4. The monoisotopic (exact) mass is 279 g/mol. The summed E-state index contributed by atoms with van der Waals surface area (Å²) in [5, 5.41) is 0. The van der Waals surface area contributed by atoms with E-state index in [1.165, 1.54) is 7.11 Å². The molecule has 5 heteroatoms. The van der Waals surface area contributed by atoms with Gasteiger partial charge in [0, 0.05) is 16.7 Å². The van der Waals surface area contributed by atoms with Crippen molar-refractivity contribution in [3.63, 3.8) is 0 Å². The molecule has 20 heavy (non-hydrogen) atoms. The van der Waals surface area contributed by atoms with Crippen LogP contribution in [0, 0.1) is 5.41 Å². The van der Waals surface area contributed by atoms with Crippen molar-refractivity contribution in [2.45, 2.75) is 26.6 Å². The number of hydrogen-bond acceptors (Lipinski definition) is 5. The summed E-state index contributed by atoms with van der Waals surface area (Å²) in [6, 6.07) is 4.99. The molecular formula is C15H21NO4. The number of esters is 1. The SMILES string of the molecule is COC(=O)c1ccc(N)cc1C1(C)OCC(C)(C)CO1. The topological polar surface area (TPSA) is 70.8 Å². The summed E-state index contributed by atoms with van der Waals surface area (Å²) in [4.78, 5) is 11.9. The maximum absolute atomic E-state index is 11.9. The van der Waals surface area contributed by atoms with Crippen molar-refractivity contribution >= 4 is 11.7 Å². The van der Waals surface area contributed by atoms with Gasteiger partial charge in [-0.3, -0.25) is 0 Å². The number of anilines is 1. The minimum absolute atomic E-state index is 0.0503. The summed E-state index contributed by atoms with van der Waals surface area (Å²) >= 11 is 0. The van der Waals surface area contributed by atoms with Crippen LogP contribution in [0.4, 0.5) is 5.69 Å². The highest BCUT2D eigenvalue weighted by Gasteiger charge is 2.40. The molecule has 1 aliphatic rings. The van der Waals surface area contributed by atoms with Gasteiger partial charge in [-0.15, -0.1) is 0 Å². The number of benzene rings is 1. The van der Waals surface area contributed by atoms with E-state index in [0.717, 1.165) is 0 Å². The Balaban J connectivity index is 2.41. The average Bonchev–Trinajstić information content (AvgIpc) is 2.41. The highest BCUT2D eigenvalue weighted by atomic mass is 16.7. The van der Waals surface area contributed by atoms with Crippen molar-refractivity contribution in [1.82, 2.24) is 0 Å². The van der Waals surface area contributed by atoms with E-state index in [9.17, 15) is 4.79 Å². The first-order valence-corrected chi connectivity index (χ1v) is 6.54. The number of rotatable bonds is 2. The normalized spacial score (nSPS) is 20.4. The molecule has 1 saturated heterocycles. The van der Waals surface area contributed by atoms with Gasteiger partial charge in [0.25, 0.3) is 0 Å². The van der Waals surface area contributed by atoms with E-state index < -0.39 is 11.8 Å². The van der Waals surface area contributed by atoms with Gasteiger partial charge in [0.15, 0.2) is 5.79 Å². The minimum Gasteiger partial charge on any atom is -0.465 e. The Labute approximate surface area is 119 Å². The fraction of sp³-hybridized carbons (Fsp3) is 0.533. The lowest BCUT2D eigenvalue weighted by molar-refractivity contribution is -0.298. The molecule has 0 unspecified atom stereocenters. The third-order valence-corrected chi connectivity index (χ3v) is 3.41. The summed E-state index contributed by atoms with van der Waals surface area (Å²) in [6.07, 6.45) is 0. The van der Waals surface area contributed by atoms with Crippen LogP contribution in [0.25, 0.3) is 0 Å². The fourth-order valence-electron chi connectivity index (χ4n) is 2.13. The Morgan fingerprint density at radius 1 is 1.25 bits per heavy atom. The second-order valence-electron chi connectivity index (χ2n) is 5.98. The molecule has 0 saturated carbocycles. The van der Waals surface area contributed by atoms with E-state index in [1.807, 2.05) is 0 Å². The van der Waals surface area contributed by atoms with Crippen molar-refractivity contribution in [2.24, 2.45) is 5.41 Å². The molecule has 1 fully saturated rings. The van der Waals surface area contributed by atoms with Gasteiger partial charge in [-0.1, -0.05) is 13.8 Å². The zero-order valence-electron chi connectivity index (χ0n) is 12.4. The van der Waals surface area contributed by atoms with Crippen LogP contribution in [0.3, 0.4) is 0 Å². The van der Waals surface area contributed by atoms with Crippen LogP contribution in [0.1, 0.15) is 36.7 Å². The molecule has 0 amide bonds. The molecule has 0 atom stereocenters. The molecule has 0 aliphatic carbocycles. The fourth-order valence-corrected chi connectivity index (χ4v) is 2.13. The van der Waals surface area contributed by atoms with E-state index in [-0.39, 0.29) is 5.41 Å². The number of nitrogen functional groups attached to an aromatic ring is 1. The van der Waals surface area contributed by atoms with Gasteiger partial charge < -0.3 is 19.9 Å². The van der Waals surface area contributed by atoms with Crippen molar-refractivity contribution in [2.75, 3.05) is 26.1 Å². The molecule has 1 aliphatic heterocycles. The van der Waals surface area contributed by atoms with Gasteiger partial charge >= 0.3 is 5.97 Å². The third-order valence-electron chi connectivity index (χ3n) is 3.41. The lowest BCUT2D eigenvalue weighted by atomic mass is 9.92. The number of carbonyl (C=O) groups excluding carboxylic acids is 1. The highest BCUT2D eigenvalue weighted by molar-refractivity contribution is 5.91. The van der Waals surface area contributed by atoms with Gasteiger partial charge in [-0.25, -0.2) is 4.79 Å². The summed E-state index contributed by atoms with van der Waals surface area (Å²) in [5.74, 6) is -1.42. The quantitative estimate of drug-likeness (QED) is 0.664.